The standard InChI is InChI=1S/C18H21N5O3/c1-20-18(25)15-12(21-11-5-3-4-6-13(11)26-2)9-14(22-16(15)19)23-17(24)10-7-8-10/h3-6,9-10H,7-8H2,1-2H3,(H,20,25)(H4,19,21,22,23,24). The number of hydrogen-bond donors (Lipinski definition) is 4. The number of pyridine rings is 1. The normalized spacial score (nSPS) is 13.0. The lowest BCUT2D eigenvalue weighted by atomic mass is 10.1. The first-order chi connectivity index (χ1) is 12.5. The van der Waals surface area contributed by atoms with Crippen LogP contribution in [0.4, 0.5) is 23.0 Å². The fourth-order valence-corrected chi connectivity index (χ4v) is 2.56. The Morgan fingerprint density at radius 2 is 1.96 bits per heavy atom. The molecule has 0 spiro atoms. The number of benzene rings is 1. The Kier molecular flexibility index (Phi) is 4.92. The summed E-state index contributed by atoms with van der Waals surface area (Å²) >= 11 is 0. The van der Waals surface area contributed by atoms with Crippen LogP contribution in [0.1, 0.15) is 23.2 Å². The summed E-state index contributed by atoms with van der Waals surface area (Å²) in [5.74, 6) is 0.483. The number of carbonyl (C=O) groups is 2. The Hall–Kier alpha value is -3.29. The third kappa shape index (κ3) is 3.69. The van der Waals surface area contributed by atoms with Gasteiger partial charge in [-0.3, -0.25) is 9.59 Å². The van der Waals surface area contributed by atoms with Gasteiger partial charge in [-0.1, -0.05) is 12.1 Å². The van der Waals surface area contributed by atoms with Gasteiger partial charge < -0.3 is 26.4 Å². The maximum atomic E-state index is 12.3. The molecule has 5 N–H and O–H groups in total. The Balaban J connectivity index is 1.99. The SMILES string of the molecule is CNC(=O)c1c(Nc2ccccc2OC)cc(NC(=O)C2CC2)nc1N. The van der Waals surface area contributed by atoms with Crippen LogP contribution in [0, 0.1) is 5.92 Å². The molecule has 1 aromatic heterocycles. The van der Waals surface area contributed by atoms with Crippen molar-refractivity contribution < 1.29 is 14.3 Å². The molecule has 3 rings (SSSR count). The number of aromatic nitrogens is 1. The average molecular weight is 355 g/mol. The molecule has 2 amide bonds. The minimum absolute atomic E-state index is 0.0235. The van der Waals surface area contributed by atoms with Gasteiger partial charge in [0.25, 0.3) is 5.91 Å². The quantitative estimate of drug-likeness (QED) is 0.630. The van der Waals surface area contributed by atoms with Crippen LogP contribution in [0.2, 0.25) is 0 Å². The molecule has 2 aromatic rings. The second-order valence-electron chi connectivity index (χ2n) is 5.98. The number of nitrogens with zero attached hydrogens (tertiary/aromatic N) is 1. The van der Waals surface area contributed by atoms with Gasteiger partial charge in [-0.25, -0.2) is 4.98 Å². The van der Waals surface area contributed by atoms with Crippen LogP contribution >= 0.6 is 0 Å². The molecule has 0 unspecified atom stereocenters. The number of nitrogens with two attached hydrogens (primary N) is 1. The molecule has 0 radical (unpaired) electrons. The van der Waals surface area contributed by atoms with Gasteiger partial charge in [0.1, 0.15) is 22.9 Å². The molecule has 136 valence electrons. The van der Waals surface area contributed by atoms with Crippen LogP contribution in [0.15, 0.2) is 30.3 Å². The summed E-state index contributed by atoms with van der Waals surface area (Å²) in [7, 11) is 3.07. The molecule has 8 heteroatoms. The number of para-hydroxylation sites is 2. The fraction of sp³-hybridized carbons (Fsp3) is 0.278. The molecule has 0 bridgehead atoms. The first kappa shape index (κ1) is 17.5. The van der Waals surface area contributed by atoms with Crippen molar-refractivity contribution in [2.24, 2.45) is 5.92 Å². The van der Waals surface area contributed by atoms with Crippen molar-refractivity contribution in [3.05, 3.63) is 35.9 Å². The maximum absolute atomic E-state index is 12.3. The zero-order valence-corrected chi connectivity index (χ0v) is 14.6. The van der Waals surface area contributed by atoms with E-state index < -0.39 is 0 Å². The summed E-state index contributed by atoms with van der Waals surface area (Å²) in [6.07, 6.45) is 1.76. The van der Waals surface area contributed by atoms with Gasteiger partial charge in [0.2, 0.25) is 5.91 Å². The van der Waals surface area contributed by atoms with Gasteiger partial charge in [-0.05, 0) is 25.0 Å². The third-order valence-corrected chi connectivity index (χ3v) is 4.08. The zero-order chi connectivity index (χ0) is 18.7. The van der Waals surface area contributed by atoms with E-state index >= 15 is 0 Å². The highest BCUT2D eigenvalue weighted by Crippen LogP contribution is 2.33. The summed E-state index contributed by atoms with van der Waals surface area (Å²) in [5, 5.41) is 8.45. The number of carbonyl (C=O) groups excluding carboxylic acids is 2. The van der Waals surface area contributed by atoms with Gasteiger partial charge in [0.05, 0.1) is 18.5 Å². The lowest BCUT2D eigenvalue weighted by Crippen LogP contribution is -2.22. The predicted molar refractivity (Wildman–Crippen MR) is 99.7 cm³/mol. The van der Waals surface area contributed by atoms with Crippen LogP contribution in [0.3, 0.4) is 0 Å². The highest BCUT2D eigenvalue weighted by molar-refractivity contribution is 6.05. The van der Waals surface area contributed by atoms with E-state index in [-0.39, 0.29) is 29.1 Å². The number of nitrogen functional groups attached to an aromatic ring is 1. The number of anilines is 4. The molecule has 1 aromatic carbocycles. The van der Waals surface area contributed by atoms with Crippen molar-refractivity contribution in [2.75, 3.05) is 30.5 Å². The third-order valence-electron chi connectivity index (χ3n) is 4.08. The van der Waals surface area contributed by atoms with Crippen LogP contribution in [0.25, 0.3) is 0 Å². The lowest BCUT2D eigenvalue weighted by molar-refractivity contribution is -0.117. The first-order valence-electron chi connectivity index (χ1n) is 8.27. The Labute approximate surface area is 151 Å². The highest BCUT2D eigenvalue weighted by Gasteiger charge is 2.30. The molecule has 0 aliphatic heterocycles. The molecule has 1 fully saturated rings. The highest BCUT2D eigenvalue weighted by atomic mass is 16.5. The van der Waals surface area contributed by atoms with E-state index in [9.17, 15) is 9.59 Å². The minimum atomic E-state index is -0.382. The van der Waals surface area contributed by atoms with Crippen molar-refractivity contribution in [1.29, 1.82) is 0 Å². The van der Waals surface area contributed by atoms with Crippen molar-refractivity contribution in [3.63, 3.8) is 0 Å². The van der Waals surface area contributed by atoms with E-state index in [4.69, 9.17) is 10.5 Å². The smallest absolute Gasteiger partial charge is 0.256 e. The molecule has 1 aliphatic rings. The van der Waals surface area contributed by atoms with Crippen molar-refractivity contribution in [1.82, 2.24) is 10.3 Å². The molecule has 0 saturated heterocycles. The Morgan fingerprint density at radius 3 is 2.62 bits per heavy atom. The topological polar surface area (TPSA) is 118 Å². The molecule has 0 atom stereocenters. The summed E-state index contributed by atoms with van der Waals surface area (Å²) in [6, 6.07) is 8.87. The van der Waals surface area contributed by atoms with Crippen LogP contribution in [0.5, 0.6) is 5.75 Å². The fourth-order valence-electron chi connectivity index (χ4n) is 2.56. The number of ether oxygens (including phenoxy) is 1. The second kappa shape index (κ2) is 7.30. The number of hydrogen-bond acceptors (Lipinski definition) is 6. The van der Waals surface area contributed by atoms with Crippen molar-refractivity contribution >= 4 is 34.8 Å². The van der Waals surface area contributed by atoms with Crippen molar-refractivity contribution in [2.45, 2.75) is 12.8 Å². The number of methoxy groups -OCH3 is 1. The van der Waals surface area contributed by atoms with E-state index in [2.05, 4.69) is 20.9 Å². The monoisotopic (exact) mass is 355 g/mol. The molecule has 8 nitrogen and oxygen atoms in total. The second-order valence-corrected chi connectivity index (χ2v) is 5.98. The van der Waals surface area contributed by atoms with Gasteiger partial charge in [0, 0.05) is 19.0 Å². The van der Waals surface area contributed by atoms with Crippen LogP contribution < -0.4 is 26.4 Å². The summed E-state index contributed by atoms with van der Waals surface area (Å²) in [5.41, 5.74) is 7.27. The molecular formula is C18H21N5O3. The molecule has 1 aliphatic carbocycles. The van der Waals surface area contributed by atoms with E-state index in [1.807, 2.05) is 18.2 Å². The average Bonchev–Trinajstić information content (AvgIpc) is 3.46. The maximum Gasteiger partial charge on any atom is 0.256 e. The van der Waals surface area contributed by atoms with E-state index in [0.29, 0.717) is 22.9 Å². The van der Waals surface area contributed by atoms with E-state index in [1.165, 1.54) is 7.05 Å². The molecular weight excluding hydrogens is 334 g/mol. The van der Waals surface area contributed by atoms with Gasteiger partial charge in [-0.15, -0.1) is 0 Å². The number of nitrogens with one attached hydrogen (secondary N) is 3. The van der Waals surface area contributed by atoms with Gasteiger partial charge >= 0.3 is 0 Å². The van der Waals surface area contributed by atoms with Gasteiger partial charge in [0.15, 0.2) is 0 Å². The van der Waals surface area contributed by atoms with Crippen LogP contribution in [-0.4, -0.2) is 31.0 Å². The van der Waals surface area contributed by atoms with E-state index in [1.54, 1.807) is 19.2 Å². The van der Waals surface area contributed by atoms with Crippen molar-refractivity contribution in [3.8, 4) is 5.75 Å². The Bertz CT molecular complexity index is 849. The summed E-state index contributed by atoms with van der Waals surface area (Å²) in [4.78, 5) is 28.4. The van der Waals surface area contributed by atoms with Gasteiger partial charge in [-0.2, -0.15) is 0 Å². The number of amides is 2. The predicted octanol–water partition coefficient (Wildman–Crippen LogP) is 2.12. The molecule has 1 saturated carbocycles. The lowest BCUT2D eigenvalue weighted by Gasteiger charge is -2.16. The Morgan fingerprint density at radius 1 is 1.23 bits per heavy atom. The first-order valence-corrected chi connectivity index (χ1v) is 8.27. The molecule has 26 heavy (non-hydrogen) atoms. The zero-order valence-electron chi connectivity index (χ0n) is 14.6. The summed E-state index contributed by atoms with van der Waals surface area (Å²) < 4.78 is 5.33. The molecule has 1 heterocycles. The van der Waals surface area contributed by atoms with E-state index in [0.717, 1.165) is 12.8 Å². The number of rotatable bonds is 6. The largest absolute Gasteiger partial charge is 0.495 e. The minimum Gasteiger partial charge on any atom is -0.495 e. The van der Waals surface area contributed by atoms with Crippen LogP contribution in [-0.2, 0) is 4.79 Å². The summed E-state index contributed by atoms with van der Waals surface area (Å²) in [6.45, 7) is 0.